The first-order chi connectivity index (χ1) is 5.85. The molecule has 0 aliphatic carbocycles. The van der Waals surface area contributed by atoms with Crippen molar-refractivity contribution in [3.63, 3.8) is 0 Å². The summed E-state index contributed by atoms with van der Waals surface area (Å²) in [4.78, 5) is 9.00. The highest BCUT2D eigenvalue weighted by molar-refractivity contribution is 6.30. The minimum atomic E-state index is -2.17. The maximum absolute atomic E-state index is 8.69. The van der Waals surface area contributed by atoms with Gasteiger partial charge in [0.15, 0.2) is 0 Å². The number of hydrogen-bond acceptors (Lipinski definition) is 6. The van der Waals surface area contributed by atoms with Gasteiger partial charge in [0.2, 0.25) is 0 Å². The Morgan fingerprint density at radius 2 is 1.62 bits per heavy atom. The van der Waals surface area contributed by atoms with Crippen LogP contribution in [0.5, 0.6) is 0 Å². The van der Waals surface area contributed by atoms with E-state index in [1.54, 1.807) is 0 Å². The molecule has 0 aliphatic heterocycles. The molecule has 0 aromatic heterocycles. The van der Waals surface area contributed by atoms with Gasteiger partial charge in [-0.05, 0) is 0 Å². The molecule has 7 heteroatoms. The first kappa shape index (κ1) is 15.3. The van der Waals surface area contributed by atoms with Crippen molar-refractivity contribution < 1.29 is 30.0 Å². The lowest BCUT2D eigenvalue weighted by Gasteiger charge is -2.19. The maximum atomic E-state index is 8.69. The van der Waals surface area contributed by atoms with E-state index in [2.05, 4.69) is 9.78 Å². The van der Waals surface area contributed by atoms with Gasteiger partial charge in [-0.2, -0.15) is 0 Å². The lowest BCUT2D eigenvalue weighted by Crippen LogP contribution is -2.23. The third-order valence-electron chi connectivity index (χ3n) is 0.996. The second-order valence-electron chi connectivity index (χ2n) is 3.10. The van der Waals surface area contributed by atoms with Crippen LogP contribution in [0.15, 0.2) is 0 Å². The van der Waals surface area contributed by atoms with Crippen molar-refractivity contribution in [1.82, 2.24) is 0 Å². The van der Waals surface area contributed by atoms with Gasteiger partial charge in [0.1, 0.15) is 0 Å². The topological polar surface area (TPSA) is 99.4 Å². The number of aliphatic hydroxyl groups is 1. The summed E-state index contributed by atoms with van der Waals surface area (Å²) in [5.74, 6) is 0. The fourth-order valence-corrected chi connectivity index (χ4v) is 0.264. The molecule has 0 fully saturated rings. The average Bonchev–Trinajstić information content (AvgIpc) is 2.00. The number of rotatable bonds is 4. The Bertz CT molecular complexity index is 105. The summed E-state index contributed by atoms with van der Waals surface area (Å²) in [6.45, 7) is 4.31. The summed E-state index contributed by atoms with van der Waals surface area (Å²) < 4.78 is 0. The molecule has 0 aliphatic rings. The fourth-order valence-electron chi connectivity index (χ4n) is 0.264. The number of aliphatic hydroxyl groups excluding tert-OH is 1. The van der Waals surface area contributed by atoms with Crippen molar-refractivity contribution >= 4 is 7.32 Å². The Kier molecular flexibility index (Phi) is 9.92. The molecule has 0 amide bonds. The van der Waals surface area contributed by atoms with Gasteiger partial charge in [-0.3, -0.25) is 0 Å². The monoisotopic (exact) mass is 196 g/mol. The van der Waals surface area contributed by atoms with E-state index in [-0.39, 0.29) is 12.0 Å². The summed E-state index contributed by atoms with van der Waals surface area (Å²) >= 11 is 0. The lowest BCUT2D eigenvalue weighted by molar-refractivity contribution is -0.289. The summed E-state index contributed by atoms with van der Waals surface area (Å²) in [7, 11) is -0.715. The van der Waals surface area contributed by atoms with E-state index < -0.39 is 7.32 Å². The highest BCUT2D eigenvalue weighted by Gasteiger charge is 2.16. The standard InChI is InChI=1S/C6H14O3.BH3O3/c1-6(2,4-7)5-9-8-3;2-1(3)4/h7H,4-5H2,1-3H3;2-4H. The average molecular weight is 196 g/mol. The van der Waals surface area contributed by atoms with Crippen LogP contribution in [0.3, 0.4) is 0 Å². The number of hydrogen-bond donors (Lipinski definition) is 4. The quantitative estimate of drug-likeness (QED) is 0.249. The highest BCUT2D eigenvalue weighted by Crippen LogP contribution is 2.12. The third-order valence-corrected chi connectivity index (χ3v) is 0.996. The third kappa shape index (κ3) is 18.6. The predicted molar refractivity (Wildman–Crippen MR) is 46.2 cm³/mol. The zero-order valence-electron chi connectivity index (χ0n) is 8.10. The zero-order valence-corrected chi connectivity index (χ0v) is 8.10. The van der Waals surface area contributed by atoms with E-state index in [4.69, 9.17) is 20.2 Å². The Morgan fingerprint density at radius 1 is 1.23 bits per heavy atom. The molecule has 0 rings (SSSR count). The van der Waals surface area contributed by atoms with E-state index in [1.807, 2.05) is 13.8 Å². The van der Waals surface area contributed by atoms with Crippen molar-refractivity contribution in [1.29, 1.82) is 0 Å². The van der Waals surface area contributed by atoms with Crippen molar-refractivity contribution in [2.45, 2.75) is 13.8 Å². The molecule has 0 spiro atoms. The molecule has 0 unspecified atom stereocenters. The summed E-state index contributed by atoms with van der Waals surface area (Å²) in [6, 6.07) is 0. The molecule has 0 bridgehead atoms. The molecule has 0 saturated carbocycles. The van der Waals surface area contributed by atoms with Gasteiger partial charge in [-0.15, -0.1) is 0 Å². The minimum Gasteiger partial charge on any atom is -0.402 e. The fraction of sp³-hybridized carbons (Fsp3) is 1.00. The van der Waals surface area contributed by atoms with Crippen LogP contribution in [0.2, 0.25) is 0 Å². The van der Waals surface area contributed by atoms with Crippen LogP contribution in [0, 0.1) is 5.41 Å². The first-order valence-corrected chi connectivity index (χ1v) is 3.66. The summed E-state index contributed by atoms with van der Waals surface area (Å²) in [5.41, 5.74) is -0.198. The van der Waals surface area contributed by atoms with Crippen LogP contribution in [0.4, 0.5) is 0 Å². The molecule has 0 heterocycles. The zero-order chi connectivity index (χ0) is 10.9. The largest absolute Gasteiger partial charge is 0.631 e. The molecule has 80 valence electrons. The molecular formula is C6H17BO6. The molecule has 6 nitrogen and oxygen atoms in total. The van der Waals surface area contributed by atoms with Gasteiger partial charge in [-0.1, -0.05) is 13.8 Å². The Balaban J connectivity index is 0. The van der Waals surface area contributed by atoms with Crippen LogP contribution in [0.1, 0.15) is 13.8 Å². The van der Waals surface area contributed by atoms with E-state index in [0.717, 1.165) is 0 Å². The van der Waals surface area contributed by atoms with Crippen LogP contribution in [-0.2, 0) is 9.78 Å². The van der Waals surface area contributed by atoms with Crippen molar-refractivity contribution in [3.8, 4) is 0 Å². The van der Waals surface area contributed by atoms with Gasteiger partial charge in [0.05, 0.1) is 20.3 Å². The second kappa shape index (κ2) is 8.42. The van der Waals surface area contributed by atoms with E-state index in [9.17, 15) is 0 Å². The lowest BCUT2D eigenvalue weighted by atomic mass is 9.97. The Hall–Kier alpha value is -0.175. The normalized spacial score (nSPS) is 10.4. The molecule has 0 aromatic rings. The van der Waals surface area contributed by atoms with Gasteiger partial charge >= 0.3 is 7.32 Å². The Labute approximate surface area is 77.8 Å². The SMILES string of the molecule is COOCC(C)(C)CO.OB(O)O. The molecular weight excluding hydrogens is 179 g/mol. The first-order valence-electron chi connectivity index (χ1n) is 3.66. The molecule has 4 N–H and O–H groups in total. The van der Waals surface area contributed by atoms with Crippen LogP contribution >= 0.6 is 0 Å². The molecule has 0 radical (unpaired) electrons. The predicted octanol–water partition coefficient (Wildman–Crippen LogP) is -1.47. The van der Waals surface area contributed by atoms with Crippen LogP contribution in [-0.4, -0.2) is 47.8 Å². The van der Waals surface area contributed by atoms with Gasteiger partial charge < -0.3 is 20.2 Å². The summed E-state index contributed by atoms with van der Waals surface area (Å²) in [5, 5.41) is 30.2. The van der Waals surface area contributed by atoms with Crippen LogP contribution in [0.25, 0.3) is 0 Å². The smallest absolute Gasteiger partial charge is 0.402 e. The highest BCUT2D eigenvalue weighted by atomic mass is 17.2. The maximum Gasteiger partial charge on any atom is 0.631 e. The molecule has 0 atom stereocenters. The van der Waals surface area contributed by atoms with Gasteiger partial charge in [0, 0.05) is 5.41 Å². The minimum absolute atomic E-state index is 0.107. The van der Waals surface area contributed by atoms with E-state index in [0.29, 0.717) is 6.61 Å². The molecule has 0 saturated heterocycles. The van der Waals surface area contributed by atoms with Gasteiger partial charge in [0.25, 0.3) is 0 Å². The van der Waals surface area contributed by atoms with Crippen molar-refractivity contribution in [2.24, 2.45) is 5.41 Å². The Morgan fingerprint density at radius 3 is 1.85 bits per heavy atom. The van der Waals surface area contributed by atoms with Gasteiger partial charge in [-0.25, -0.2) is 9.78 Å². The summed E-state index contributed by atoms with van der Waals surface area (Å²) in [6.07, 6.45) is 0. The molecule has 13 heavy (non-hydrogen) atoms. The van der Waals surface area contributed by atoms with Crippen molar-refractivity contribution in [2.75, 3.05) is 20.3 Å². The van der Waals surface area contributed by atoms with E-state index >= 15 is 0 Å². The second-order valence-corrected chi connectivity index (χ2v) is 3.10. The van der Waals surface area contributed by atoms with Crippen molar-refractivity contribution in [3.05, 3.63) is 0 Å². The van der Waals surface area contributed by atoms with E-state index in [1.165, 1.54) is 7.11 Å². The molecule has 0 aromatic carbocycles. The van der Waals surface area contributed by atoms with Crippen LogP contribution < -0.4 is 0 Å².